The molecule has 0 aliphatic rings. The topological polar surface area (TPSA) is 74.5 Å². The van der Waals surface area contributed by atoms with Crippen molar-refractivity contribution in [3.05, 3.63) is 46.8 Å². The molecule has 0 amide bonds. The molecular weight excluding hydrogens is 364 g/mol. The van der Waals surface area contributed by atoms with Gasteiger partial charge in [-0.25, -0.2) is 9.78 Å². The van der Waals surface area contributed by atoms with Crippen LogP contribution in [-0.4, -0.2) is 29.0 Å². The van der Waals surface area contributed by atoms with Crippen LogP contribution < -0.4 is 4.74 Å². The van der Waals surface area contributed by atoms with E-state index < -0.39 is 5.97 Å². The molecule has 0 aliphatic heterocycles. The van der Waals surface area contributed by atoms with Gasteiger partial charge in [0.25, 0.3) is 5.88 Å². The number of pyridine rings is 1. The highest BCUT2D eigenvalue weighted by Crippen LogP contribution is 2.25. The van der Waals surface area contributed by atoms with Gasteiger partial charge in [0, 0.05) is 21.9 Å². The van der Waals surface area contributed by atoms with E-state index in [1.54, 1.807) is 24.8 Å². The lowest BCUT2D eigenvalue weighted by molar-refractivity contribution is -0.147. The van der Waals surface area contributed by atoms with Crippen molar-refractivity contribution in [2.45, 2.75) is 18.4 Å². The second kappa shape index (κ2) is 7.76. The Morgan fingerprint density at radius 1 is 1.32 bits per heavy atom. The number of carbonyl (C=O) groups excluding carboxylic acids is 1. The Morgan fingerprint density at radius 2 is 2.16 bits per heavy atom. The summed E-state index contributed by atoms with van der Waals surface area (Å²) >= 11 is 7.83. The predicted molar refractivity (Wildman–Crippen MR) is 95.1 cm³/mol. The number of hydrogen-bond acceptors (Lipinski definition) is 7. The molecule has 6 nitrogen and oxygen atoms in total. The zero-order chi connectivity index (χ0) is 17.8. The number of carbonyl (C=O) groups is 1. The van der Waals surface area contributed by atoms with Gasteiger partial charge in [0.15, 0.2) is 6.61 Å². The lowest BCUT2D eigenvalue weighted by Gasteiger charge is -2.08. The van der Waals surface area contributed by atoms with Gasteiger partial charge in [-0.1, -0.05) is 17.7 Å². The summed E-state index contributed by atoms with van der Waals surface area (Å²) in [5.74, 6) is 0.306. The zero-order valence-electron chi connectivity index (χ0n) is 13.6. The Labute approximate surface area is 153 Å². The van der Waals surface area contributed by atoms with Crippen LogP contribution in [0.15, 0.2) is 39.8 Å². The van der Waals surface area contributed by atoms with E-state index in [0.717, 1.165) is 15.8 Å². The fraction of sp³-hybridized carbons (Fsp3) is 0.235. The molecule has 130 valence electrons. The molecule has 2 aromatic heterocycles. The summed E-state index contributed by atoms with van der Waals surface area (Å²) in [7, 11) is 0. The van der Waals surface area contributed by atoms with E-state index in [0.29, 0.717) is 16.5 Å². The summed E-state index contributed by atoms with van der Waals surface area (Å²) in [6.07, 6.45) is 2.00. The van der Waals surface area contributed by atoms with Crippen molar-refractivity contribution in [2.24, 2.45) is 0 Å². The highest BCUT2D eigenvalue weighted by molar-refractivity contribution is 7.98. The van der Waals surface area contributed by atoms with Gasteiger partial charge in [-0.15, -0.1) is 11.8 Å². The van der Waals surface area contributed by atoms with Crippen molar-refractivity contribution in [2.75, 3.05) is 12.9 Å². The smallest absolute Gasteiger partial charge is 0.344 e. The molecule has 1 aromatic carbocycles. The molecule has 8 heteroatoms. The SMILES string of the molecule is CSc1ccc2cc(COC(=O)COc3cc(C)on3)c(Cl)nc2c1. The highest BCUT2D eigenvalue weighted by Gasteiger charge is 2.11. The molecule has 0 bridgehead atoms. The van der Waals surface area contributed by atoms with E-state index in [1.165, 1.54) is 0 Å². The second-order valence-electron chi connectivity index (χ2n) is 5.22. The van der Waals surface area contributed by atoms with Crippen LogP contribution in [0.5, 0.6) is 5.88 Å². The molecule has 3 rings (SSSR count). The predicted octanol–water partition coefficient (Wildman–Crippen LogP) is 4.03. The lowest BCUT2D eigenvalue weighted by atomic mass is 10.2. The minimum atomic E-state index is -0.533. The van der Waals surface area contributed by atoms with Crippen molar-refractivity contribution in [1.29, 1.82) is 0 Å². The maximum Gasteiger partial charge on any atom is 0.344 e. The van der Waals surface area contributed by atoms with Gasteiger partial charge in [-0.3, -0.25) is 0 Å². The van der Waals surface area contributed by atoms with E-state index in [2.05, 4.69) is 10.1 Å². The number of benzene rings is 1. The Morgan fingerprint density at radius 3 is 2.88 bits per heavy atom. The van der Waals surface area contributed by atoms with Gasteiger partial charge in [0.2, 0.25) is 0 Å². The molecule has 0 spiro atoms. The molecule has 25 heavy (non-hydrogen) atoms. The van der Waals surface area contributed by atoms with Crippen LogP contribution in [0.4, 0.5) is 0 Å². The fourth-order valence-corrected chi connectivity index (χ4v) is 2.77. The Hall–Kier alpha value is -2.25. The Balaban J connectivity index is 1.62. The first-order valence-electron chi connectivity index (χ1n) is 7.40. The van der Waals surface area contributed by atoms with Crippen LogP contribution in [0.1, 0.15) is 11.3 Å². The summed E-state index contributed by atoms with van der Waals surface area (Å²) in [6.45, 7) is 1.49. The maximum atomic E-state index is 11.8. The van der Waals surface area contributed by atoms with Gasteiger partial charge in [0.05, 0.1) is 5.52 Å². The van der Waals surface area contributed by atoms with E-state index in [1.807, 2.05) is 30.5 Å². The normalized spacial score (nSPS) is 10.8. The fourth-order valence-electron chi connectivity index (χ4n) is 2.14. The van der Waals surface area contributed by atoms with Crippen LogP contribution in [0, 0.1) is 6.92 Å². The molecule has 0 saturated heterocycles. The van der Waals surface area contributed by atoms with Crippen molar-refractivity contribution in [3.8, 4) is 5.88 Å². The lowest BCUT2D eigenvalue weighted by Crippen LogP contribution is -2.15. The van der Waals surface area contributed by atoms with Gasteiger partial charge >= 0.3 is 5.97 Å². The molecule has 0 N–H and O–H groups in total. The number of aromatic nitrogens is 2. The van der Waals surface area contributed by atoms with E-state index >= 15 is 0 Å². The number of hydrogen-bond donors (Lipinski definition) is 0. The average Bonchev–Trinajstić information content (AvgIpc) is 3.03. The third kappa shape index (κ3) is 4.43. The van der Waals surface area contributed by atoms with Crippen molar-refractivity contribution in [1.82, 2.24) is 10.1 Å². The molecule has 0 aliphatic carbocycles. The van der Waals surface area contributed by atoms with Gasteiger partial charge in [-0.05, 0) is 36.5 Å². The molecule has 0 atom stereocenters. The summed E-state index contributed by atoms with van der Waals surface area (Å²) in [4.78, 5) is 17.3. The zero-order valence-corrected chi connectivity index (χ0v) is 15.2. The van der Waals surface area contributed by atoms with Gasteiger partial charge < -0.3 is 14.0 Å². The van der Waals surface area contributed by atoms with E-state index in [4.69, 9.17) is 25.6 Å². The largest absolute Gasteiger partial charge is 0.463 e. The summed E-state index contributed by atoms with van der Waals surface area (Å²) in [5.41, 5.74) is 1.44. The minimum absolute atomic E-state index is 0.0199. The molecule has 2 heterocycles. The number of thioether (sulfide) groups is 1. The third-order valence-electron chi connectivity index (χ3n) is 3.38. The van der Waals surface area contributed by atoms with E-state index in [-0.39, 0.29) is 19.1 Å². The molecule has 0 fully saturated rings. The van der Waals surface area contributed by atoms with Crippen LogP contribution in [0.25, 0.3) is 10.9 Å². The van der Waals surface area contributed by atoms with Crippen LogP contribution in [0.3, 0.4) is 0 Å². The summed E-state index contributed by atoms with van der Waals surface area (Å²) in [6, 6.07) is 9.39. The molecule has 0 unspecified atom stereocenters. The number of esters is 1. The monoisotopic (exact) mass is 378 g/mol. The number of rotatable bonds is 6. The van der Waals surface area contributed by atoms with Gasteiger partial charge in [0.1, 0.15) is 17.5 Å². The first-order chi connectivity index (χ1) is 12.0. The average molecular weight is 379 g/mol. The number of halogens is 1. The van der Waals surface area contributed by atoms with Gasteiger partial charge in [-0.2, -0.15) is 0 Å². The first kappa shape index (κ1) is 17.6. The minimum Gasteiger partial charge on any atom is -0.463 e. The van der Waals surface area contributed by atoms with Crippen molar-refractivity contribution >= 4 is 40.2 Å². The number of ether oxygens (including phenoxy) is 2. The van der Waals surface area contributed by atoms with Crippen LogP contribution in [0.2, 0.25) is 5.15 Å². The highest BCUT2D eigenvalue weighted by atomic mass is 35.5. The second-order valence-corrected chi connectivity index (χ2v) is 6.46. The summed E-state index contributed by atoms with van der Waals surface area (Å²) in [5, 5.41) is 4.88. The standard InChI is InChI=1S/C17H15ClN2O4S/c1-10-5-15(20-24-10)22-9-16(21)23-8-12-6-11-3-4-13(25-2)7-14(11)19-17(12)18/h3-7H,8-9H2,1-2H3. The van der Waals surface area contributed by atoms with E-state index in [9.17, 15) is 4.79 Å². The third-order valence-corrected chi connectivity index (χ3v) is 4.44. The van der Waals surface area contributed by atoms with Crippen molar-refractivity contribution < 1.29 is 18.8 Å². The maximum absolute atomic E-state index is 11.8. The Kier molecular flexibility index (Phi) is 5.45. The number of fused-ring (bicyclic) bond motifs is 1. The van der Waals surface area contributed by atoms with Crippen LogP contribution >= 0.6 is 23.4 Å². The molecule has 3 aromatic rings. The molecule has 0 saturated carbocycles. The van der Waals surface area contributed by atoms with Crippen LogP contribution in [-0.2, 0) is 16.1 Å². The summed E-state index contributed by atoms with van der Waals surface area (Å²) < 4.78 is 15.2. The number of nitrogens with zero attached hydrogens (tertiary/aromatic N) is 2. The first-order valence-corrected chi connectivity index (χ1v) is 9.00. The molecule has 0 radical (unpaired) electrons. The number of aryl methyl sites for hydroxylation is 1. The quantitative estimate of drug-likeness (QED) is 0.364. The Bertz CT molecular complexity index is 913. The molecular formula is C17H15ClN2O4S. The van der Waals surface area contributed by atoms with Crippen molar-refractivity contribution in [3.63, 3.8) is 0 Å².